The highest BCUT2D eigenvalue weighted by Crippen LogP contribution is 2.25. The molecule has 0 fully saturated rings. The molecule has 0 bridgehead atoms. The van der Waals surface area contributed by atoms with Crippen molar-refractivity contribution in [2.24, 2.45) is 0 Å². The second kappa shape index (κ2) is 8.11. The lowest BCUT2D eigenvalue weighted by molar-refractivity contribution is 0.604. The predicted octanol–water partition coefficient (Wildman–Crippen LogP) is 5.39. The van der Waals surface area contributed by atoms with Crippen LogP contribution >= 0.6 is 0 Å². The normalized spacial score (nSPS) is 12.3. The average Bonchev–Trinajstić information content (AvgIpc) is 2.55. The van der Waals surface area contributed by atoms with Gasteiger partial charge in [-0.2, -0.15) is 0 Å². The van der Waals surface area contributed by atoms with E-state index >= 15 is 0 Å². The topological polar surface area (TPSA) is 34.1 Å². The van der Waals surface area contributed by atoms with Crippen LogP contribution in [-0.4, -0.2) is 8.42 Å². The van der Waals surface area contributed by atoms with Crippen LogP contribution in [0.2, 0.25) is 0 Å². The molecule has 0 amide bonds. The zero-order chi connectivity index (χ0) is 16.7. The van der Waals surface area contributed by atoms with Gasteiger partial charge in [-0.1, -0.05) is 67.8 Å². The highest BCUT2D eigenvalue weighted by molar-refractivity contribution is 7.94. The van der Waals surface area contributed by atoms with Crippen molar-refractivity contribution in [1.82, 2.24) is 0 Å². The zero-order valence-corrected chi connectivity index (χ0v) is 14.6. The predicted molar refractivity (Wildman–Crippen MR) is 96.9 cm³/mol. The maximum absolute atomic E-state index is 12.7. The van der Waals surface area contributed by atoms with E-state index in [9.17, 15) is 8.42 Å². The number of sulfone groups is 1. The number of aryl methyl sites for hydroxylation is 1. The van der Waals surface area contributed by atoms with Gasteiger partial charge in [0.2, 0.25) is 0 Å². The minimum atomic E-state index is -3.42. The van der Waals surface area contributed by atoms with Gasteiger partial charge >= 0.3 is 0 Å². The Hall–Kier alpha value is -1.87. The molecule has 0 aromatic heterocycles. The van der Waals surface area contributed by atoms with E-state index < -0.39 is 9.84 Å². The molecule has 23 heavy (non-hydrogen) atoms. The van der Waals surface area contributed by atoms with Crippen molar-refractivity contribution >= 4 is 15.4 Å². The molecule has 3 heteroatoms. The highest BCUT2D eigenvalue weighted by atomic mass is 32.2. The second-order valence-corrected chi connectivity index (χ2v) is 7.62. The van der Waals surface area contributed by atoms with Crippen molar-refractivity contribution in [2.75, 3.05) is 0 Å². The number of unbranched alkanes of at least 4 members (excludes halogenated alkanes) is 2. The third kappa shape index (κ3) is 5.07. The van der Waals surface area contributed by atoms with Gasteiger partial charge < -0.3 is 0 Å². The van der Waals surface area contributed by atoms with Crippen LogP contribution in [-0.2, 0) is 9.84 Å². The fraction of sp³-hybridized carbons (Fsp3) is 0.300. The lowest BCUT2D eigenvalue weighted by Crippen LogP contribution is -1.99. The summed E-state index contributed by atoms with van der Waals surface area (Å²) in [5, 5.41) is 1.45. The van der Waals surface area contributed by atoms with Crippen LogP contribution in [0.3, 0.4) is 0 Å². The summed E-state index contributed by atoms with van der Waals surface area (Å²) in [6, 6.07) is 16.8. The smallest absolute Gasteiger partial charge is 0.200 e. The van der Waals surface area contributed by atoms with Crippen LogP contribution in [0.4, 0.5) is 0 Å². The third-order valence-corrected chi connectivity index (χ3v) is 5.37. The molecule has 2 aromatic carbocycles. The molecule has 0 saturated carbocycles. The summed E-state index contributed by atoms with van der Waals surface area (Å²) in [5.41, 5.74) is 2.93. The molecule has 0 unspecified atom stereocenters. The van der Waals surface area contributed by atoms with Gasteiger partial charge in [-0.15, -0.1) is 0 Å². The second-order valence-electron chi connectivity index (χ2n) is 5.82. The Morgan fingerprint density at radius 2 is 1.61 bits per heavy atom. The van der Waals surface area contributed by atoms with Gasteiger partial charge in [-0.05, 0) is 43.0 Å². The van der Waals surface area contributed by atoms with Crippen molar-refractivity contribution in [3.63, 3.8) is 0 Å². The number of benzene rings is 2. The maximum atomic E-state index is 12.7. The standard InChI is InChI=1S/C20H24O2S/c1-3-4-6-11-19(18-9-7-5-8-10-18)16-23(21,22)20-14-12-17(2)13-15-20/h5,7-10,12-16H,3-4,6,11H2,1-2H3/b19-16+. The van der Waals surface area contributed by atoms with E-state index in [4.69, 9.17) is 0 Å². The maximum Gasteiger partial charge on any atom is 0.200 e. The lowest BCUT2D eigenvalue weighted by atomic mass is 10.0. The first-order chi connectivity index (χ1) is 11.0. The monoisotopic (exact) mass is 328 g/mol. The van der Waals surface area contributed by atoms with E-state index in [-0.39, 0.29) is 0 Å². The first kappa shape index (κ1) is 17.5. The molecule has 0 aliphatic carbocycles. The Kier molecular flexibility index (Phi) is 6.17. The van der Waals surface area contributed by atoms with Crippen LogP contribution < -0.4 is 0 Å². The fourth-order valence-corrected chi connectivity index (χ4v) is 3.75. The minimum Gasteiger partial charge on any atom is -0.219 e. The highest BCUT2D eigenvalue weighted by Gasteiger charge is 2.13. The Labute approximate surface area is 139 Å². The molecule has 2 aromatic rings. The van der Waals surface area contributed by atoms with E-state index in [0.717, 1.165) is 42.4 Å². The summed E-state index contributed by atoms with van der Waals surface area (Å²) in [7, 11) is -3.42. The zero-order valence-electron chi connectivity index (χ0n) is 13.8. The van der Waals surface area contributed by atoms with E-state index in [0.29, 0.717) is 4.90 Å². The summed E-state index contributed by atoms with van der Waals surface area (Å²) < 4.78 is 25.4. The number of hydrogen-bond donors (Lipinski definition) is 0. The van der Waals surface area contributed by atoms with Gasteiger partial charge in [0.1, 0.15) is 0 Å². The van der Waals surface area contributed by atoms with Crippen LogP contribution in [0.15, 0.2) is 64.9 Å². The molecule has 0 spiro atoms. The van der Waals surface area contributed by atoms with Gasteiger partial charge in [-0.3, -0.25) is 0 Å². The summed E-state index contributed by atoms with van der Waals surface area (Å²) in [5.74, 6) is 0. The summed E-state index contributed by atoms with van der Waals surface area (Å²) in [6.07, 6.45) is 4.01. The van der Waals surface area contributed by atoms with Gasteiger partial charge in [-0.25, -0.2) is 8.42 Å². The minimum absolute atomic E-state index is 0.354. The van der Waals surface area contributed by atoms with E-state index in [1.807, 2.05) is 49.4 Å². The molecular formula is C20H24O2S. The molecule has 0 N–H and O–H groups in total. The van der Waals surface area contributed by atoms with E-state index in [1.54, 1.807) is 12.1 Å². The first-order valence-electron chi connectivity index (χ1n) is 8.10. The van der Waals surface area contributed by atoms with Crippen LogP contribution in [0.5, 0.6) is 0 Å². The number of hydrogen-bond acceptors (Lipinski definition) is 2. The molecule has 0 heterocycles. The Morgan fingerprint density at radius 3 is 2.22 bits per heavy atom. The van der Waals surface area contributed by atoms with Crippen molar-refractivity contribution in [2.45, 2.75) is 44.4 Å². The average molecular weight is 328 g/mol. The van der Waals surface area contributed by atoms with Crippen LogP contribution in [0.25, 0.3) is 5.57 Å². The molecule has 0 saturated heterocycles. The Bertz CT molecular complexity index is 742. The summed E-state index contributed by atoms with van der Waals surface area (Å²) >= 11 is 0. The molecule has 0 aliphatic rings. The largest absolute Gasteiger partial charge is 0.219 e. The molecule has 0 radical (unpaired) electrons. The molecule has 2 nitrogen and oxygen atoms in total. The molecular weight excluding hydrogens is 304 g/mol. The molecule has 122 valence electrons. The van der Waals surface area contributed by atoms with Gasteiger partial charge in [0, 0.05) is 5.41 Å². The van der Waals surface area contributed by atoms with Crippen molar-refractivity contribution in [3.8, 4) is 0 Å². The van der Waals surface area contributed by atoms with Crippen LogP contribution in [0, 0.1) is 6.92 Å². The van der Waals surface area contributed by atoms with Crippen molar-refractivity contribution in [3.05, 3.63) is 71.1 Å². The first-order valence-corrected chi connectivity index (χ1v) is 9.65. The lowest BCUT2D eigenvalue weighted by Gasteiger charge is -2.09. The van der Waals surface area contributed by atoms with E-state index in [2.05, 4.69) is 6.92 Å². The van der Waals surface area contributed by atoms with Crippen molar-refractivity contribution < 1.29 is 8.42 Å². The SMILES string of the molecule is CCCCC/C(=C\S(=O)(=O)c1ccc(C)cc1)c1ccccc1. The number of allylic oxidation sites excluding steroid dienone is 1. The van der Waals surface area contributed by atoms with Gasteiger partial charge in [0.15, 0.2) is 9.84 Å². The fourth-order valence-electron chi connectivity index (χ4n) is 2.47. The summed E-state index contributed by atoms with van der Waals surface area (Å²) in [4.78, 5) is 0.354. The van der Waals surface area contributed by atoms with Crippen LogP contribution in [0.1, 0.15) is 43.7 Å². The van der Waals surface area contributed by atoms with Gasteiger partial charge in [0.05, 0.1) is 4.90 Å². The van der Waals surface area contributed by atoms with Gasteiger partial charge in [0.25, 0.3) is 0 Å². The quantitative estimate of drug-likeness (QED) is 0.639. The van der Waals surface area contributed by atoms with E-state index in [1.165, 1.54) is 5.41 Å². The van der Waals surface area contributed by atoms with Crippen molar-refractivity contribution in [1.29, 1.82) is 0 Å². The Balaban J connectivity index is 2.36. The number of rotatable bonds is 7. The Morgan fingerprint density at radius 1 is 0.957 bits per heavy atom. The molecule has 0 aliphatic heterocycles. The third-order valence-electron chi connectivity index (χ3n) is 3.84. The molecule has 2 rings (SSSR count). The molecule has 0 atom stereocenters. The summed E-state index contributed by atoms with van der Waals surface area (Å²) in [6.45, 7) is 4.10.